The van der Waals surface area contributed by atoms with Gasteiger partial charge in [0.25, 0.3) is 0 Å². The zero-order valence-corrected chi connectivity index (χ0v) is 10.1. The highest BCUT2D eigenvalue weighted by Gasteiger charge is 2.02. The van der Waals surface area contributed by atoms with Crippen LogP contribution in [0.1, 0.15) is 11.1 Å². The molecule has 2 aromatic rings. The van der Waals surface area contributed by atoms with Crippen LogP contribution < -0.4 is 4.74 Å². The summed E-state index contributed by atoms with van der Waals surface area (Å²) >= 11 is 5.87. The van der Waals surface area contributed by atoms with E-state index in [1.165, 1.54) is 12.1 Å². The Labute approximate surface area is 109 Å². The maximum Gasteiger partial charge on any atom is 0.123 e. The largest absolute Gasteiger partial charge is 0.489 e. The van der Waals surface area contributed by atoms with E-state index in [4.69, 9.17) is 21.6 Å². The molecule has 0 unspecified atom stereocenters. The van der Waals surface area contributed by atoms with Gasteiger partial charge in [-0.05, 0) is 29.8 Å². The quantitative estimate of drug-likeness (QED) is 0.839. The minimum Gasteiger partial charge on any atom is -0.489 e. The molecule has 0 heterocycles. The van der Waals surface area contributed by atoms with Gasteiger partial charge in [-0.2, -0.15) is 5.26 Å². The van der Waals surface area contributed by atoms with Gasteiger partial charge in [0.2, 0.25) is 0 Å². The lowest BCUT2D eigenvalue weighted by Gasteiger charge is -2.07. The van der Waals surface area contributed by atoms with Crippen molar-refractivity contribution in [1.29, 1.82) is 5.26 Å². The Balaban J connectivity index is 2.07. The highest BCUT2D eigenvalue weighted by Crippen LogP contribution is 2.22. The Morgan fingerprint density at radius 1 is 1.22 bits per heavy atom. The van der Waals surface area contributed by atoms with E-state index >= 15 is 0 Å². The molecule has 90 valence electrons. The summed E-state index contributed by atoms with van der Waals surface area (Å²) in [7, 11) is 0. The van der Waals surface area contributed by atoms with Gasteiger partial charge in [0.05, 0.1) is 10.6 Å². The fourth-order valence-electron chi connectivity index (χ4n) is 1.47. The van der Waals surface area contributed by atoms with E-state index in [0.29, 0.717) is 16.3 Å². The number of benzene rings is 2. The van der Waals surface area contributed by atoms with Gasteiger partial charge in [0, 0.05) is 6.07 Å². The summed E-state index contributed by atoms with van der Waals surface area (Å²) in [6, 6.07) is 13.0. The van der Waals surface area contributed by atoms with E-state index in [2.05, 4.69) is 0 Å². The van der Waals surface area contributed by atoms with Crippen LogP contribution in [-0.4, -0.2) is 0 Å². The van der Waals surface area contributed by atoms with Crippen LogP contribution in [0.25, 0.3) is 0 Å². The average Bonchev–Trinajstić information content (AvgIpc) is 2.37. The van der Waals surface area contributed by atoms with Gasteiger partial charge in [-0.15, -0.1) is 0 Å². The fraction of sp³-hybridized carbons (Fsp3) is 0.0714. The number of halogens is 2. The van der Waals surface area contributed by atoms with E-state index in [-0.39, 0.29) is 12.4 Å². The lowest BCUT2D eigenvalue weighted by molar-refractivity contribution is 0.305. The number of rotatable bonds is 3. The van der Waals surface area contributed by atoms with Crippen LogP contribution in [0.4, 0.5) is 4.39 Å². The minimum absolute atomic E-state index is 0.250. The maximum atomic E-state index is 12.9. The topological polar surface area (TPSA) is 33.0 Å². The second-order valence-electron chi connectivity index (χ2n) is 3.67. The van der Waals surface area contributed by atoms with Gasteiger partial charge < -0.3 is 4.74 Å². The smallest absolute Gasteiger partial charge is 0.123 e. The molecule has 0 saturated heterocycles. The first-order valence-electron chi connectivity index (χ1n) is 5.26. The van der Waals surface area contributed by atoms with Crippen molar-refractivity contribution in [3.05, 3.63) is 64.4 Å². The standard InChI is InChI=1S/C14H9ClFNO/c15-14-7-13(5-4-11(14)8-17)18-9-10-2-1-3-12(16)6-10/h1-7H,9H2. The summed E-state index contributed by atoms with van der Waals surface area (Å²) in [5.74, 6) is 0.247. The van der Waals surface area contributed by atoms with Gasteiger partial charge in [0.1, 0.15) is 24.2 Å². The van der Waals surface area contributed by atoms with Crippen LogP contribution >= 0.6 is 11.6 Å². The van der Waals surface area contributed by atoms with E-state index in [1.54, 1.807) is 30.3 Å². The normalized spacial score (nSPS) is 9.83. The molecule has 4 heteroatoms. The van der Waals surface area contributed by atoms with Crippen molar-refractivity contribution in [2.24, 2.45) is 0 Å². The molecule has 2 aromatic carbocycles. The first-order valence-corrected chi connectivity index (χ1v) is 5.64. The first kappa shape index (κ1) is 12.4. The highest BCUT2D eigenvalue weighted by atomic mass is 35.5. The van der Waals surface area contributed by atoms with Gasteiger partial charge >= 0.3 is 0 Å². The van der Waals surface area contributed by atoms with Crippen molar-refractivity contribution in [3.63, 3.8) is 0 Å². The number of hydrogen-bond donors (Lipinski definition) is 0. The number of ether oxygens (including phenoxy) is 1. The SMILES string of the molecule is N#Cc1ccc(OCc2cccc(F)c2)cc1Cl. The summed E-state index contributed by atoms with van der Waals surface area (Å²) in [5, 5.41) is 9.07. The third kappa shape index (κ3) is 2.99. The third-order valence-corrected chi connectivity index (χ3v) is 2.67. The van der Waals surface area contributed by atoms with Crippen LogP contribution in [0.15, 0.2) is 42.5 Å². The second-order valence-corrected chi connectivity index (χ2v) is 4.08. The molecular formula is C14H9ClFNO. The molecule has 0 spiro atoms. The molecule has 0 saturated carbocycles. The monoisotopic (exact) mass is 261 g/mol. The van der Waals surface area contributed by atoms with E-state index in [1.807, 2.05) is 6.07 Å². The predicted octanol–water partition coefficient (Wildman–Crippen LogP) is 3.93. The van der Waals surface area contributed by atoms with Crippen LogP contribution in [-0.2, 0) is 6.61 Å². The summed E-state index contributed by atoms with van der Waals surface area (Å²) in [4.78, 5) is 0. The van der Waals surface area contributed by atoms with Crippen LogP contribution in [0, 0.1) is 17.1 Å². The first-order chi connectivity index (χ1) is 8.69. The van der Waals surface area contributed by atoms with Gasteiger partial charge in [-0.1, -0.05) is 23.7 Å². The number of nitrogens with zero attached hydrogens (tertiary/aromatic N) is 1. The Morgan fingerprint density at radius 3 is 2.72 bits per heavy atom. The molecule has 0 fully saturated rings. The van der Waals surface area contributed by atoms with Gasteiger partial charge in [-0.25, -0.2) is 4.39 Å². The second kappa shape index (κ2) is 5.52. The molecule has 0 aromatic heterocycles. The molecule has 0 N–H and O–H groups in total. The maximum absolute atomic E-state index is 12.9. The fourth-order valence-corrected chi connectivity index (χ4v) is 1.68. The van der Waals surface area contributed by atoms with Crippen molar-refractivity contribution in [2.45, 2.75) is 6.61 Å². The Bertz CT molecular complexity index is 607. The lowest BCUT2D eigenvalue weighted by atomic mass is 10.2. The molecule has 18 heavy (non-hydrogen) atoms. The summed E-state index contributed by atoms with van der Waals surface area (Å²) in [5.41, 5.74) is 1.13. The molecule has 0 aliphatic heterocycles. The molecule has 0 amide bonds. The van der Waals surface area contributed by atoms with Crippen molar-refractivity contribution in [3.8, 4) is 11.8 Å². The Hall–Kier alpha value is -2.05. The van der Waals surface area contributed by atoms with Crippen LogP contribution in [0.3, 0.4) is 0 Å². The molecule has 2 nitrogen and oxygen atoms in total. The van der Waals surface area contributed by atoms with Crippen LogP contribution in [0.5, 0.6) is 5.75 Å². The third-order valence-electron chi connectivity index (χ3n) is 2.36. The molecule has 0 aliphatic carbocycles. The zero-order valence-electron chi connectivity index (χ0n) is 9.36. The summed E-state index contributed by atoms with van der Waals surface area (Å²) in [6.45, 7) is 0.250. The highest BCUT2D eigenvalue weighted by molar-refractivity contribution is 6.31. The zero-order chi connectivity index (χ0) is 13.0. The average molecular weight is 262 g/mol. The molecule has 0 aliphatic rings. The molecule has 0 radical (unpaired) electrons. The lowest BCUT2D eigenvalue weighted by Crippen LogP contribution is -1.96. The number of hydrogen-bond acceptors (Lipinski definition) is 2. The molecular weight excluding hydrogens is 253 g/mol. The van der Waals surface area contributed by atoms with E-state index in [0.717, 1.165) is 5.56 Å². The van der Waals surface area contributed by atoms with Crippen molar-refractivity contribution < 1.29 is 9.13 Å². The predicted molar refractivity (Wildman–Crippen MR) is 66.9 cm³/mol. The Kier molecular flexibility index (Phi) is 3.81. The van der Waals surface area contributed by atoms with Crippen molar-refractivity contribution >= 4 is 11.6 Å². The van der Waals surface area contributed by atoms with Gasteiger partial charge in [0.15, 0.2) is 0 Å². The molecule has 0 bridgehead atoms. The van der Waals surface area contributed by atoms with Crippen molar-refractivity contribution in [1.82, 2.24) is 0 Å². The van der Waals surface area contributed by atoms with Crippen LogP contribution in [0.2, 0.25) is 5.02 Å². The Morgan fingerprint density at radius 2 is 2.06 bits per heavy atom. The van der Waals surface area contributed by atoms with E-state index < -0.39 is 0 Å². The molecule has 2 rings (SSSR count). The van der Waals surface area contributed by atoms with Crippen molar-refractivity contribution in [2.75, 3.05) is 0 Å². The van der Waals surface area contributed by atoms with E-state index in [9.17, 15) is 4.39 Å². The van der Waals surface area contributed by atoms with Gasteiger partial charge in [-0.3, -0.25) is 0 Å². The minimum atomic E-state index is -0.297. The summed E-state index contributed by atoms with van der Waals surface area (Å²) < 4.78 is 18.4. The summed E-state index contributed by atoms with van der Waals surface area (Å²) in [6.07, 6.45) is 0. The molecule has 0 atom stereocenters. The number of nitriles is 1.